The summed E-state index contributed by atoms with van der Waals surface area (Å²) in [5, 5.41) is 6.41. The van der Waals surface area contributed by atoms with Gasteiger partial charge in [0.15, 0.2) is 0 Å². The van der Waals surface area contributed by atoms with Gasteiger partial charge >= 0.3 is 0 Å². The first-order valence-electron chi connectivity index (χ1n) is 6.58. The lowest BCUT2D eigenvalue weighted by Gasteiger charge is -2.09. The fourth-order valence-electron chi connectivity index (χ4n) is 2.28. The van der Waals surface area contributed by atoms with Crippen LogP contribution >= 0.6 is 15.9 Å². The van der Waals surface area contributed by atoms with Crippen LogP contribution in [0.1, 0.15) is 11.3 Å². The summed E-state index contributed by atoms with van der Waals surface area (Å²) in [6.45, 7) is 1.69. The number of hydrogen-bond donors (Lipinski definition) is 3. The number of H-pyrrole nitrogens is 1. The maximum atomic E-state index is 12.1. The van der Waals surface area contributed by atoms with Crippen LogP contribution in [0.25, 0.3) is 0 Å². The number of rotatable bonds is 2. The lowest BCUT2D eigenvalue weighted by Crippen LogP contribution is -2.20. The lowest BCUT2D eigenvalue weighted by molar-refractivity contribution is 0.708. The third-order valence-corrected chi connectivity index (χ3v) is 3.83. The molecule has 0 fully saturated rings. The number of fused-ring (bicyclic) bond motifs is 1. The van der Waals surface area contributed by atoms with Crippen LogP contribution in [0.2, 0.25) is 0 Å². The summed E-state index contributed by atoms with van der Waals surface area (Å²) in [5.74, 6) is 0.498. The van der Waals surface area contributed by atoms with Crippen molar-refractivity contribution in [1.82, 2.24) is 15.3 Å². The SMILES string of the molecule is O=c1[nH]c(Nc2ccc(Br)cc2)nc2c1CCNCC2. The molecule has 3 rings (SSSR count). The highest BCUT2D eigenvalue weighted by Gasteiger charge is 2.14. The van der Waals surface area contributed by atoms with E-state index in [0.717, 1.165) is 47.3 Å². The zero-order valence-corrected chi connectivity index (χ0v) is 12.5. The number of anilines is 2. The molecule has 0 spiro atoms. The topological polar surface area (TPSA) is 69.8 Å². The zero-order valence-electron chi connectivity index (χ0n) is 10.9. The fourth-order valence-corrected chi connectivity index (χ4v) is 2.55. The molecule has 0 atom stereocenters. The van der Waals surface area contributed by atoms with E-state index in [4.69, 9.17) is 0 Å². The molecule has 1 aliphatic heterocycles. The Labute approximate surface area is 125 Å². The first-order chi connectivity index (χ1) is 9.72. The first kappa shape index (κ1) is 13.3. The van der Waals surface area contributed by atoms with Gasteiger partial charge in [0, 0.05) is 28.7 Å². The van der Waals surface area contributed by atoms with E-state index in [-0.39, 0.29) is 5.56 Å². The Hall–Kier alpha value is -1.66. The monoisotopic (exact) mass is 334 g/mol. The summed E-state index contributed by atoms with van der Waals surface area (Å²) in [4.78, 5) is 19.5. The van der Waals surface area contributed by atoms with E-state index in [0.29, 0.717) is 5.95 Å². The summed E-state index contributed by atoms with van der Waals surface area (Å²) in [6, 6.07) is 7.73. The molecule has 0 amide bonds. The second-order valence-corrected chi connectivity index (χ2v) is 5.64. The van der Waals surface area contributed by atoms with Crippen molar-refractivity contribution < 1.29 is 0 Å². The Balaban J connectivity index is 1.91. The molecule has 104 valence electrons. The molecule has 2 heterocycles. The van der Waals surface area contributed by atoms with Gasteiger partial charge in [0.2, 0.25) is 5.95 Å². The Kier molecular flexibility index (Phi) is 3.84. The highest BCUT2D eigenvalue weighted by atomic mass is 79.9. The minimum Gasteiger partial charge on any atom is -0.326 e. The molecule has 0 saturated carbocycles. The predicted molar refractivity (Wildman–Crippen MR) is 82.6 cm³/mol. The molecule has 20 heavy (non-hydrogen) atoms. The number of benzene rings is 1. The summed E-state index contributed by atoms with van der Waals surface area (Å²) in [6.07, 6.45) is 1.52. The van der Waals surface area contributed by atoms with Gasteiger partial charge in [-0.3, -0.25) is 9.78 Å². The molecule has 0 bridgehead atoms. The van der Waals surface area contributed by atoms with E-state index in [9.17, 15) is 4.79 Å². The van der Waals surface area contributed by atoms with Crippen LogP contribution in [0, 0.1) is 0 Å². The second kappa shape index (κ2) is 5.76. The average Bonchev–Trinajstić information content (AvgIpc) is 2.67. The van der Waals surface area contributed by atoms with Crippen molar-refractivity contribution >= 4 is 27.6 Å². The molecule has 2 aromatic rings. The summed E-state index contributed by atoms with van der Waals surface area (Å²) < 4.78 is 1.01. The maximum absolute atomic E-state index is 12.1. The fraction of sp³-hybridized carbons (Fsp3) is 0.286. The molecule has 0 aliphatic carbocycles. The number of nitrogens with one attached hydrogen (secondary N) is 3. The normalized spacial score (nSPS) is 14.4. The van der Waals surface area contributed by atoms with E-state index >= 15 is 0 Å². The number of aromatic nitrogens is 2. The highest BCUT2D eigenvalue weighted by Crippen LogP contribution is 2.17. The zero-order chi connectivity index (χ0) is 13.9. The van der Waals surface area contributed by atoms with E-state index in [1.54, 1.807) is 0 Å². The van der Waals surface area contributed by atoms with Crippen molar-refractivity contribution in [1.29, 1.82) is 0 Å². The third-order valence-electron chi connectivity index (χ3n) is 3.30. The minimum atomic E-state index is -0.0432. The summed E-state index contributed by atoms with van der Waals surface area (Å²) in [7, 11) is 0. The molecule has 1 aliphatic rings. The predicted octanol–water partition coefficient (Wildman–Crippen LogP) is 1.96. The molecule has 0 unspecified atom stereocenters. The summed E-state index contributed by atoms with van der Waals surface area (Å²) in [5.41, 5.74) is 2.54. The van der Waals surface area contributed by atoms with Gasteiger partial charge in [-0.05, 0) is 37.2 Å². The van der Waals surface area contributed by atoms with E-state index in [1.807, 2.05) is 24.3 Å². The van der Waals surface area contributed by atoms with Crippen molar-refractivity contribution in [3.8, 4) is 0 Å². The molecule has 1 aromatic carbocycles. The molecule has 5 nitrogen and oxygen atoms in total. The Morgan fingerprint density at radius 3 is 2.70 bits per heavy atom. The standard InChI is InChI=1S/C14H15BrN4O/c15-9-1-3-10(4-2-9)17-14-18-12-6-8-16-7-5-11(12)13(20)19-14/h1-4,16H,5-8H2,(H2,17,18,19,20). The van der Waals surface area contributed by atoms with Crippen LogP contribution in [0.3, 0.4) is 0 Å². The Morgan fingerprint density at radius 2 is 1.90 bits per heavy atom. The summed E-state index contributed by atoms with van der Waals surface area (Å²) >= 11 is 3.39. The van der Waals surface area contributed by atoms with Gasteiger partial charge in [-0.15, -0.1) is 0 Å². The van der Waals surface area contributed by atoms with Crippen LogP contribution in [0.4, 0.5) is 11.6 Å². The van der Waals surface area contributed by atoms with Crippen molar-refractivity contribution in [2.75, 3.05) is 18.4 Å². The molecule has 0 saturated heterocycles. The van der Waals surface area contributed by atoms with Crippen molar-refractivity contribution in [3.63, 3.8) is 0 Å². The largest absolute Gasteiger partial charge is 0.326 e. The molecular weight excluding hydrogens is 320 g/mol. The molecule has 0 radical (unpaired) electrons. The van der Waals surface area contributed by atoms with Crippen LogP contribution in [-0.4, -0.2) is 23.1 Å². The Bertz CT molecular complexity index is 666. The Morgan fingerprint density at radius 1 is 1.15 bits per heavy atom. The number of aromatic amines is 1. The van der Waals surface area contributed by atoms with Gasteiger partial charge in [-0.1, -0.05) is 15.9 Å². The van der Waals surface area contributed by atoms with Gasteiger partial charge in [0.1, 0.15) is 0 Å². The minimum absolute atomic E-state index is 0.0432. The first-order valence-corrected chi connectivity index (χ1v) is 7.37. The van der Waals surface area contributed by atoms with Gasteiger partial charge in [0.05, 0.1) is 5.69 Å². The smallest absolute Gasteiger partial charge is 0.255 e. The third kappa shape index (κ3) is 2.91. The highest BCUT2D eigenvalue weighted by molar-refractivity contribution is 9.10. The number of halogens is 1. The van der Waals surface area contributed by atoms with Gasteiger partial charge in [-0.25, -0.2) is 4.98 Å². The van der Waals surface area contributed by atoms with Crippen molar-refractivity contribution in [3.05, 3.63) is 50.3 Å². The molecule has 6 heteroatoms. The van der Waals surface area contributed by atoms with Crippen LogP contribution in [0.5, 0.6) is 0 Å². The lowest BCUT2D eigenvalue weighted by atomic mass is 10.1. The second-order valence-electron chi connectivity index (χ2n) is 4.72. The number of hydrogen-bond acceptors (Lipinski definition) is 4. The number of nitrogens with zero attached hydrogens (tertiary/aromatic N) is 1. The van der Waals surface area contributed by atoms with Crippen LogP contribution in [0.15, 0.2) is 33.5 Å². The molecule has 1 aromatic heterocycles. The van der Waals surface area contributed by atoms with Crippen LogP contribution < -0.4 is 16.2 Å². The van der Waals surface area contributed by atoms with Gasteiger partial charge < -0.3 is 10.6 Å². The molecular formula is C14H15BrN4O. The quantitative estimate of drug-likeness (QED) is 0.785. The van der Waals surface area contributed by atoms with Crippen molar-refractivity contribution in [2.24, 2.45) is 0 Å². The van der Waals surface area contributed by atoms with Crippen LogP contribution in [-0.2, 0) is 12.8 Å². The van der Waals surface area contributed by atoms with E-state index < -0.39 is 0 Å². The van der Waals surface area contributed by atoms with E-state index in [2.05, 4.69) is 36.5 Å². The molecule has 3 N–H and O–H groups in total. The maximum Gasteiger partial charge on any atom is 0.255 e. The van der Waals surface area contributed by atoms with Gasteiger partial charge in [-0.2, -0.15) is 0 Å². The average molecular weight is 335 g/mol. The van der Waals surface area contributed by atoms with Crippen molar-refractivity contribution in [2.45, 2.75) is 12.8 Å². The van der Waals surface area contributed by atoms with E-state index in [1.165, 1.54) is 0 Å². The van der Waals surface area contributed by atoms with Gasteiger partial charge in [0.25, 0.3) is 5.56 Å².